The number of halogens is 2. The molecule has 0 spiro atoms. The summed E-state index contributed by atoms with van der Waals surface area (Å²) < 4.78 is 26.8. The predicted molar refractivity (Wildman–Crippen MR) is 78.5 cm³/mol. The summed E-state index contributed by atoms with van der Waals surface area (Å²) >= 11 is 0. The van der Waals surface area contributed by atoms with E-state index in [-0.39, 0.29) is 13.0 Å². The van der Waals surface area contributed by atoms with Crippen LogP contribution in [0.2, 0.25) is 0 Å². The average Bonchev–Trinajstić information content (AvgIpc) is 2.80. The van der Waals surface area contributed by atoms with Crippen molar-refractivity contribution in [3.05, 3.63) is 23.8 Å². The fourth-order valence-corrected chi connectivity index (χ4v) is 3.47. The van der Waals surface area contributed by atoms with Crippen LogP contribution in [0.25, 0.3) is 0 Å². The molecule has 20 heavy (non-hydrogen) atoms. The Morgan fingerprint density at radius 1 is 1.15 bits per heavy atom. The van der Waals surface area contributed by atoms with Crippen molar-refractivity contribution in [3.63, 3.8) is 0 Å². The Morgan fingerprint density at radius 3 is 2.55 bits per heavy atom. The van der Waals surface area contributed by atoms with Gasteiger partial charge in [-0.25, -0.2) is 8.78 Å². The molecule has 3 rings (SSSR count). The minimum atomic E-state index is -2.58. The maximum absolute atomic E-state index is 13.4. The molecule has 2 nitrogen and oxygen atoms in total. The van der Waals surface area contributed by atoms with E-state index in [9.17, 15) is 8.78 Å². The standard InChI is InChI=1S/C16H22F2N2/c17-16(18)8-9-20(11-16)15-10-13(6-7-14(15)19)12-4-2-1-3-5-12/h6-7,10,12H,1-5,8-9,11,19H2. The molecule has 2 aliphatic rings. The minimum Gasteiger partial charge on any atom is -0.397 e. The fourth-order valence-electron chi connectivity index (χ4n) is 3.47. The molecule has 0 bridgehead atoms. The number of benzene rings is 1. The van der Waals surface area contributed by atoms with Crippen LogP contribution in [0.5, 0.6) is 0 Å². The first-order valence-corrected chi connectivity index (χ1v) is 7.57. The van der Waals surface area contributed by atoms with Gasteiger partial charge in [-0.3, -0.25) is 0 Å². The monoisotopic (exact) mass is 280 g/mol. The summed E-state index contributed by atoms with van der Waals surface area (Å²) in [5, 5.41) is 0. The van der Waals surface area contributed by atoms with Crippen molar-refractivity contribution in [1.82, 2.24) is 0 Å². The van der Waals surface area contributed by atoms with Crippen molar-refractivity contribution in [2.45, 2.75) is 50.4 Å². The zero-order valence-corrected chi connectivity index (χ0v) is 11.7. The Bertz CT molecular complexity index is 481. The second kappa shape index (κ2) is 5.23. The summed E-state index contributed by atoms with van der Waals surface area (Å²) in [4.78, 5) is 1.74. The number of nitrogens with zero attached hydrogens (tertiary/aromatic N) is 1. The molecule has 0 radical (unpaired) electrons. The van der Waals surface area contributed by atoms with E-state index in [1.165, 1.54) is 37.7 Å². The number of alkyl halides is 2. The van der Waals surface area contributed by atoms with Crippen molar-refractivity contribution in [3.8, 4) is 0 Å². The van der Waals surface area contributed by atoms with Gasteiger partial charge < -0.3 is 10.6 Å². The van der Waals surface area contributed by atoms with E-state index < -0.39 is 5.92 Å². The lowest BCUT2D eigenvalue weighted by molar-refractivity contribution is 0.0257. The van der Waals surface area contributed by atoms with Gasteiger partial charge in [0, 0.05) is 13.0 Å². The first-order valence-electron chi connectivity index (χ1n) is 7.57. The minimum absolute atomic E-state index is 0.0693. The van der Waals surface area contributed by atoms with Gasteiger partial charge in [-0.2, -0.15) is 0 Å². The molecule has 0 aromatic heterocycles. The summed E-state index contributed by atoms with van der Waals surface area (Å²) in [5.41, 5.74) is 8.68. The fraction of sp³-hybridized carbons (Fsp3) is 0.625. The first-order chi connectivity index (χ1) is 9.55. The number of nitrogen functional groups attached to an aromatic ring is 1. The number of hydrogen-bond acceptors (Lipinski definition) is 2. The molecule has 1 heterocycles. The summed E-state index contributed by atoms with van der Waals surface area (Å²) in [5.74, 6) is -2.00. The van der Waals surface area contributed by atoms with Crippen LogP contribution < -0.4 is 10.6 Å². The second-order valence-electron chi connectivity index (χ2n) is 6.18. The van der Waals surface area contributed by atoms with Gasteiger partial charge in [0.05, 0.1) is 17.9 Å². The molecule has 0 atom stereocenters. The Morgan fingerprint density at radius 2 is 1.90 bits per heavy atom. The van der Waals surface area contributed by atoms with Crippen LogP contribution in [0.1, 0.15) is 50.0 Å². The highest BCUT2D eigenvalue weighted by Gasteiger charge is 2.38. The van der Waals surface area contributed by atoms with Crippen LogP contribution in [-0.2, 0) is 0 Å². The SMILES string of the molecule is Nc1ccc(C2CCCCC2)cc1N1CCC(F)(F)C1. The molecular weight excluding hydrogens is 258 g/mol. The molecular formula is C16H22F2N2. The van der Waals surface area contributed by atoms with Gasteiger partial charge in [-0.1, -0.05) is 25.3 Å². The number of anilines is 2. The third-order valence-electron chi connectivity index (χ3n) is 4.64. The van der Waals surface area contributed by atoms with E-state index in [4.69, 9.17) is 5.73 Å². The van der Waals surface area contributed by atoms with Crippen molar-refractivity contribution >= 4 is 11.4 Å². The average molecular weight is 280 g/mol. The summed E-state index contributed by atoms with van der Waals surface area (Å²) in [6, 6.07) is 6.01. The van der Waals surface area contributed by atoms with Crippen molar-refractivity contribution in [2.24, 2.45) is 0 Å². The molecule has 1 saturated heterocycles. The van der Waals surface area contributed by atoms with E-state index in [0.29, 0.717) is 18.2 Å². The molecule has 0 unspecified atom stereocenters. The number of nitrogens with two attached hydrogens (primary N) is 1. The van der Waals surface area contributed by atoms with Crippen molar-refractivity contribution in [2.75, 3.05) is 23.7 Å². The van der Waals surface area contributed by atoms with Crippen LogP contribution in [0, 0.1) is 0 Å². The summed E-state index contributed by atoms with van der Waals surface area (Å²) in [6.45, 7) is 0.191. The van der Waals surface area contributed by atoms with Gasteiger partial charge in [0.15, 0.2) is 0 Å². The van der Waals surface area contributed by atoms with Gasteiger partial charge in [-0.15, -0.1) is 0 Å². The number of rotatable bonds is 2. The zero-order valence-electron chi connectivity index (χ0n) is 11.7. The Balaban J connectivity index is 1.83. The summed E-state index contributed by atoms with van der Waals surface area (Å²) in [6.07, 6.45) is 6.20. The van der Waals surface area contributed by atoms with Crippen LogP contribution >= 0.6 is 0 Å². The molecule has 1 aromatic carbocycles. The van der Waals surface area contributed by atoms with Gasteiger partial charge >= 0.3 is 0 Å². The molecule has 1 aliphatic carbocycles. The van der Waals surface area contributed by atoms with Crippen molar-refractivity contribution < 1.29 is 8.78 Å². The van der Waals surface area contributed by atoms with Crippen LogP contribution in [0.3, 0.4) is 0 Å². The van der Waals surface area contributed by atoms with Gasteiger partial charge in [-0.05, 0) is 36.5 Å². The topological polar surface area (TPSA) is 29.3 Å². The van der Waals surface area contributed by atoms with Crippen LogP contribution in [0.4, 0.5) is 20.2 Å². The summed E-state index contributed by atoms with van der Waals surface area (Å²) in [7, 11) is 0. The molecule has 1 aliphatic heterocycles. The highest BCUT2D eigenvalue weighted by Crippen LogP contribution is 2.38. The second-order valence-corrected chi connectivity index (χ2v) is 6.18. The Hall–Kier alpha value is -1.32. The molecule has 2 N–H and O–H groups in total. The lowest BCUT2D eigenvalue weighted by Gasteiger charge is -2.25. The van der Waals surface area contributed by atoms with Crippen LogP contribution in [-0.4, -0.2) is 19.0 Å². The number of hydrogen-bond donors (Lipinski definition) is 1. The lowest BCUT2D eigenvalue weighted by atomic mass is 9.84. The third-order valence-corrected chi connectivity index (χ3v) is 4.64. The Kier molecular flexibility index (Phi) is 3.57. The van der Waals surface area contributed by atoms with Gasteiger partial charge in [0.25, 0.3) is 5.92 Å². The largest absolute Gasteiger partial charge is 0.397 e. The van der Waals surface area contributed by atoms with E-state index in [0.717, 1.165) is 5.69 Å². The highest BCUT2D eigenvalue weighted by molar-refractivity contribution is 5.69. The maximum Gasteiger partial charge on any atom is 0.266 e. The maximum atomic E-state index is 13.4. The third kappa shape index (κ3) is 2.74. The van der Waals surface area contributed by atoms with Gasteiger partial charge in [0.2, 0.25) is 0 Å². The molecule has 1 saturated carbocycles. The van der Waals surface area contributed by atoms with E-state index in [1.807, 2.05) is 12.1 Å². The van der Waals surface area contributed by atoms with Crippen LogP contribution in [0.15, 0.2) is 18.2 Å². The molecule has 2 fully saturated rings. The van der Waals surface area contributed by atoms with Crippen molar-refractivity contribution in [1.29, 1.82) is 0 Å². The molecule has 4 heteroatoms. The van der Waals surface area contributed by atoms with E-state index in [1.54, 1.807) is 4.90 Å². The van der Waals surface area contributed by atoms with Gasteiger partial charge in [0.1, 0.15) is 0 Å². The highest BCUT2D eigenvalue weighted by atomic mass is 19.3. The predicted octanol–water partition coefficient (Wildman–Crippen LogP) is 4.16. The molecule has 1 aromatic rings. The normalized spacial score (nSPS) is 23.2. The lowest BCUT2D eigenvalue weighted by Crippen LogP contribution is -2.25. The Labute approximate surface area is 118 Å². The molecule has 0 amide bonds. The van der Waals surface area contributed by atoms with E-state index >= 15 is 0 Å². The zero-order chi connectivity index (χ0) is 14.2. The molecule has 110 valence electrons. The quantitative estimate of drug-likeness (QED) is 0.824. The van der Waals surface area contributed by atoms with E-state index in [2.05, 4.69) is 6.07 Å². The smallest absolute Gasteiger partial charge is 0.266 e. The first kappa shape index (κ1) is 13.7.